The van der Waals surface area contributed by atoms with Crippen molar-refractivity contribution in [3.63, 3.8) is 0 Å². The van der Waals surface area contributed by atoms with Gasteiger partial charge in [0.25, 0.3) is 0 Å². The second kappa shape index (κ2) is 6.01. The third kappa shape index (κ3) is 3.45. The van der Waals surface area contributed by atoms with Crippen LogP contribution in [0.5, 0.6) is 5.75 Å². The highest BCUT2D eigenvalue weighted by Gasteiger charge is 2.20. The van der Waals surface area contributed by atoms with Gasteiger partial charge in [-0.05, 0) is 0 Å². The third-order valence-corrected chi connectivity index (χ3v) is 2.21. The zero-order valence-electron chi connectivity index (χ0n) is 9.59. The predicted molar refractivity (Wildman–Crippen MR) is 64.2 cm³/mol. The molecule has 0 bridgehead atoms. The molecule has 0 saturated heterocycles. The van der Waals surface area contributed by atoms with E-state index in [1.807, 2.05) is 0 Å². The Morgan fingerprint density at radius 3 is 2.33 bits per heavy atom. The zero-order valence-corrected chi connectivity index (χ0v) is 10.3. The normalized spacial score (nSPS) is 9.89. The highest BCUT2D eigenvalue weighted by Crippen LogP contribution is 2.30. The topological polar surface area (TPSA) is 124 Å². The van der Waals surface area contributed by atoms with Crippen molar-refractivity contribution in [3.8, 4) is 5.75 Å². The number of carbonyl (C=O) groups excluding carboxylic acids is 2. The van der Waals surface area contributed by atoms with E-state index in [1.54, 1.807) is 0 Å². The molecule has 1 rings (SSSR count). The fraction of sp³-hybridized carbons (Fsp3) is 0.333. The smallest absolute Gasteiger partial charge is 0.237 e. The molecule has 0 unspecified atom stereocenters. The van der Waals surface area contributed by atoms with Gasteiger partial charge in [-0.15, -0.1) is 0 Å². The van der Waals surface area contributed by atoms with Gasteiger partial charge in [0, 0.05) is 0 Å². The van der Waals surface area contributed by atoms with Crippen LogP contribution in [0.3, 0.4) is 0 Å². The van der Waals surface area contributed by atoms with Gasteiger partial charge in [-0.3, -0.25) is 9.59 Å². The van der Waals surface area contributed by atoms with Crippen LogP contribution >= 0.6 is 11.6 Å². The molecule has 2 amide bonds. The van der Waals surface area contributed by atoms with E-state index in [0.29, 0.717) is 0 Å². The summed E-state index contributed by atoms with van der Waals surface area (Å²) in [6.07, 6.45) is 1.18. The molecule has 9 heteroatoms. The van der Waals surface area contributed by atoms with Gasteiger partial charge >= 0.3 is 0 Å². The van der Waals surface area contributed by atoms with E-state index < -0.39 is 11.8 Å². The van der Waals surface area contributed by atoms with Crippen LogP contribution in [0.25, 0.3) is 0 Å². The highest BCUT2D eigenvalue weighted by molar-refractivity contribution is 6.31. The summed E-state index contributed by atoms with van der Waals surface area (Å²) in [6, 6.07) is 0. The van der Waals surface area contributed by atoms with Gasteiger partial charge in [-0.25, -0.2) is 9.97 Å². The number of ether oxygens (including phenoxy) is 1. The average Bonchev–Trinajstić information content (AvgIpc) is 2.26. The second-order valence-corrected chi connectivity index (χ2v) is 3.67. The van der Waals surface area contributed by atoms with Gasteiger partial charge in [-0.2, -0.15) is 0 Å². The molecule has 1 aromatic rings. The van der Waals surface area contributed by atoms with Crippen LogP contribution in [0.2, 0.25) is 5.15 Å². The van der Waals surface area contributed by atoms with Crippen LogP contribution in [0.1, 0.15) is 0 Å². The van der Waals surface area contributed by atoms with Crippen LogP contribution < -0.4 is 21.1 Å². The number of halogens is 1. The number of hydrogen-bond acceptors (Lipinski definition) is 6. The Labute approximate surface area is 108 Å². The molecule has 0 radical (unpaired) electrons. The molecule has 0 saturated carbocycles. The Kier molecular flexibility index (Phi) is 4.67. The summed E-state index contributed by atoms with van der Waals surface area (Å²) >= 11 is 5.81. The molecular formula is C9H12ClN5O3. The van der Waals surface area contributed by atoms with Crippen molar-refractivity contribution in [3.05, 3.63) is 11.5 Å². The number of amides is 2. The molecule has 0 fully saturated rings. The molecule has 1 aromatic heterocycles. The van der Waals surface area contributed by atoms with E-state index in [-0.39, 0.29) is 29.8 Å². The quantitative estimate of drug-likeness (QED) is 0.635. The lowest BCUT2D eigenvalue weighted by molar-refractivity contribution is -0.117. The van der Waals surface area contributed by atoms with Crippen molar-refractivity contribution in [2.75, 3.05) is 25.1 Å². The van der Waals surface area contributed by atoms with Crippen LogP contribution in [-0.4, -0.2) is 42.0 Å². The van der Waals surface area contributed by atoms with Crippen molar-refractivity contribution in [1.29, 1.82) is 0 Å². The third-order valence-electron chi connectivity index (χ3n) is 1.94. The van der Waals surface area contributed by atoms with Crippen molar-refractivity contribution < 1.29 is 14.3 Å². The molecule has 0 atom stereocenters. The molecule has 4 N–H and O–H groups in total. The summed E-state index contributed by atoms with van der Waals surface area (Å²) in [6.45, 7) is -0.487. The van der Waals surface area contributed by atoms with E-state index >= 15 is 0 Å². The van der Waals surface area contributed by atoms with Gasteiger partial charge in [0.15, 0.2) is 16.7 Å². The van der Waals surface area contributed by atoms with Gasteiger partial charge < -0.3 is 21.1 Å². The van der Waals surface area contributed by atoms with E-state index in [1.165, 1.54) is 18.3 Å². The molecule has 0 aliphatic rings. The monoisotopic (exact) mass is 273 g/mol. The summed E-state index contributed by atoms with van der Waals surface area (Å²) in [5.41, 5.74) is 10.2. The molecule has 1 heterocycles. The first-order chi connectivity index (χ1) is 8.45. The van der Waals surface area contributed by atoms with Gasteiger partial charge in [0.1, 0.15) is 6.33 Å². The lowest BCUT2D eigenvalue weighted by Crippen LogP contribution is -2.40. The number of hydrogen-bond donors (Lipinski definition) is 2. The zero-order chi connectivity index (χ0) is 13.7. The fourth-order valence-corrected chi connectivity index (χ4v) is 1.53. The minimum atomic E-state index is -0.645. The lowest BCUT2D eigenvalue weighted by atomic mass is 10.4. The number of nitrogens with two attached hydrogens (primary N) is 2. The number of carbonyl (C=O) groups is 2. The maximum atomic E-state index is 11.0. The molecule has 18 heavy (non-hydrogen) atoms. The van der Waals surface area contributed by atoms with Gasteiger partial charge in [0.2, 0.25) is 11.8 Å². The molecule has 0 aromatic carbocycles. The first-order valence-electron chi connectivity index (χ1n) is 4.81. The predicted octanol–water partition coefficient (Wildman–Crippen LogP) is -1.08. The highest BCUT2D eigenvalue weighted by atomic mass is 35.5. The van der Waals surface area contributed by atoms with Gasteiger partial charge in [-0.1, -0.05) is 11.6 Å². The number of aromatic nitrogens is 2. The summed E-state index contributed by atoms with van der Waals surface area (Å²) in [5, 5.41) is 0.0569. The molecule has 0 spiro atoms. The first kappa shape index (κ1) is 14.0. The number of anilines is 1. The molecule has 98 valence electrons. The lowest BCUT2D eigenvalue weighted by Gasteiger charge is -2.22. The molecule has 8 nitrogen and oxygen atoms in total. The SMILES string of the molecule is COc1c(Cl)ncnc1N(CC(N)=O)CC(N)=O. The number of methoxy groups -OCH3 is 1. The summed E-state index contributed by atoms with van der Waals surface area (Å²) < 4.78 is 5.02. The molecular weight excluding hydrogens is 262 g/mol. The Hall–Kier alpha value is -2.09. The summed E-state index contributed by atoms with van der Waals surface area (Å²) in [4.78, 5) is 30.8. The van der Waals surface area contributed by atoms with E-state index in [4.69, 9.17) is 27.8 Å². The van der Waals surface area contributed by atoms with Crippen LogP contribution in [0.15, 0.2) is 6.33 Å². The Bertz CT molecular complexity index is 452. The molecule has 0 aliphatic carbocycles. The van der Waals surface area contributed by atoms with Crippen LogP contribution in [0.4, 0.5) is 5.82 Å². The fourth-order valence-electron chi connectivity index (χ4n) is 1.33. The summed E-state index contributed by atoms with van der Waals surface area (Å²) in [7, 11) is 1.36. The number of rotatable bonds is 6. The Morgan fingerprint density at radius 1 is 1.33 bits per heavy atom. The van der Waals surface area contributed by atoms with Crippen molar-refractivity contribution in [2.24, 2.45) is 11.5 Å². The van der Waals surface area contributed by atoms with Crippen molar-refractivity contribution in [2.45, 2.75) is 0 Å². The minimum absolute atomic E-state index is 0.0569. The van der Waals surface area contributed by atoms with Gasteiger partial charge in [0.05, 0.1) is 20.2 Å². The van der Waals surface area contributed by atoms with Crippen molar-refractivity contribution in [1.82, 2.24) is 9.97 Å². The van der Waals surface area contributed by atoms with E-state index in [2.05, 4.69) is 9.97 Å². The Balaban J connectivity index is 3.15. The van der Waals surface area contributed by atoms with Crippen LogP contribution in [-0.2, 0) is 9.59 Å². The minimum Gasteiger partial charge on any atom is -0.490 e. The summed E-state index contributed by atoms with van der Waals surface area (Å²) in [5.74, 6) is -0.974. The number of nitrogens with zero attached hydrogens (tertiary/aromatic N) is 3. The number of primary amides is 2. The maximum absolute atomic E-state index is 11.0. The van der Waals surface area contributed by atoms with Crippen molar-refractivity contribution >= 4 is 29.2 Å². The largest absolute Gasteiger partial charge is 0.490 e. The van der Waals surface area contributed by atoms with E-state index in [9.17, 15) is 9.59 Å². The average molecular weight is 274 g/mol. The second-order valence-electron chi connectivity index (χ2n) is 3.31. The van der Waals surface area contributed by atoms with E-state index in [0.717, 1.165) is 0 Å². The van der Waals surface area contributed by atoms with Crippen LogP contribution in [0, 0.1) is 0 Å². The first-order valence-corrected chi connectivity index (χ1v) is 5.19. The standard InChI is InChI=1S/C9H12ClN5O3/c1-18-7-8(10)13-4-14-9(7)15(2-5(11)16)3-6(12)17/h4H,2-3H2,1H3,(H2,11,16)(H2,12,17). The maximum Gasteiger partial charge on any atom is 0.237 e. The Morgan fingerprint density at radius 2 is 1.89 bits per heavy atom. The molecule has 0 aliphatic heterocycles.